The van der Waals surface area contributed by atoms with Crippen molar-refractivity contribution in [3.8, 4) is 0 Å². The molecule has 2 heterocycles. The summed E-state index contributed by atoms with van der Waals surface area (Å²) >= 11 is 1.55. The number of carbonyl (C=O) groups is 3. The molecule has 1 aliphatic carbocycles. The minimum absolute atomic E-state index is 0.00363. The van der Waals surface area contributed by atoms with Crippen LogP contribution in [0.15, 0.2) is 11.4 Å². The Morgan fingerprint density at radius 3 is 2.89 bits per heavy atom. The number of ketones is 2. The lowest BCUT2D eigenvalue weighted by Gasteiger charge is -2.25. The average molecular weight is 263 g/mol. The van der Waals surface area contributed by atoms with Crippen molar-refractivity contribution in [2.75, 3.05) is 0 Å². The van der Waals surface area contributed by atoms with Crippen LogP contribution in [0.5, 0.6) is 0 Å². The first-order valence-electron chi connectivity index (χ1n) is 6.08. The van der Waals surface area contributed by atoms with Gasteiger partial charge in [0.1, 0.15) is 5.78 Å². The molecule has 0 radical (unpaired) electrons. The summed E-state index contributed by atoms with van der Waals surface area (Å²) in [6.07, 6.45) is 1.77. The Morgan fingerprint density at radius 2 is 2.11 bits per heavy atom. The molecule has 0 spiro atoms. The van der Waals surface area contributed by atoms with Crippen LogP contribution in [-0.2, 0) is 16.1 Å². The predicted molar refractivity (Wildman–Crippen MR) is 66.5 cm³/mol. The highest BCUT2D eigenvalue weighted by Crippen LogP contribution is 2.31. The Hall–Kier alpha value is -1.49. The molecule has 0 saturated heterocycles. The van der Waals surface area contributed by atoms with Crippen LogP contribution in [0.2, 0.25) is 0 Å². The largest absolute Gasteiger partial charge is 0.323 e. The topological polar surface area (TPSA) is 54.5 Å². The van der Waals surface area contributed by atoms with Gasteiger partial charge >= 0.3 is 0 Å². The van der Waals surface area contributed by atoms with E-state index >= 15 is 0 Å². The van der Waals surface area contributed by atoms with Crippen molar-refractivity contribution in [2.45, 2.75) is 38.3 Å². The van der Waals surface area contributed by atoms with Gasteiger partial charge in [-0.1, -0.05) is 0 Å². The summed E-state index contributed by atoms with van der Waals surface area (Å²) in [4.78, 5) is 38.3. The van der Waals surface area contributed by atoms with Gasteiger partial charge in [-0.25, -0.2) is 0 Å². The molecule has 1 atom stereocenters. The van der Waals surface area contributed by atoms with E-state index in [9.17, 15) is 14.4 Å². The van der Waals surface area contributed by atoms with E-state index in [1.807, 2.05) is 11.4 Å². The number of carbonyl (C=O) groups excluding carboxylic acids is 3. The third-order valence-corrected chi connectivity index (χ3v) is 4.51. The molecule has 2 aliphatic rings. The van der Waals surface area contributed by atoms with Crippen LogP contribution in [0.4, 0.5) is 0 Å². The van der Waals surface area contributed by atoms with E-state index in [0.29, 0.717) is 25.8 Å². The van der Waals surface area contributed by atoms with Gasteiger partial charge in [-0.2, -0.15) is 0 Å². The van der Waals surface area contributed by atoms with Crippen molar-refractivity contribution in [2.24, 2.45) is 0 Å². The zero-order valence-electron chi connectivity index (χ0n) is 9.85. The van der Waals surface area contributed by atoms with E-state index in [-0.39, 0.29) is 23.9 Å². The summed E-state index contributed by atoms with van der Waals surface area (Å²) in [5.74, 6) is -0.149. The standard InChI is InChI=1S/C13H13NO3S/c15-8-2-1-3-10(11(16)6-8)14-7-12-9(13(14)17)4-5-18-12/h4-5,10H,1-3,6-7H2. The molecular formula is C13H13NO3S. The fourth-order valence-corrected chi connectivity index (χ4v) is 3.53. The van der Waals surface area contributed by atoms with Crippen molar-refractivity contribution in [3.05, 3.63) is 21.9 Å². The first-order chi connectivity index (χ1) is 8.66. The third-order valence-electron chi connectivity index (χ3n) is 3.60. The third kappa shape index (κ3) is 1.79. The number of amides is 1. The number of nitrogens with zero attached hydrogens (tertiary/aromatic N) is 1. The summed E-state index contributed by atoms with van der Waals surface area (Å²) in [7, 11) is 0. The minimum Gasteiger partial charge on any atom is -0.323 e. The molecule has 0 bridgehead atoms. The molecule has 1 aliphatic heterocycles. The molecule has 4 nitrogen and oxygen atoms in total. The fraction of sp³-hybridized carbons (Fsp3) is 0.462. The summed E-state index contributed by atoms with van der Waals surface area (Å²) in [6, 6.07) is 1.41. The average Bonchev–Trinajstić information content (AvgIpc) is 2.84. The van der Waals surface area contributed by atoms with Crippen molar-refractivity contribution >= 4 is 28.8 Å². The Bertz CT molecular complexity index is 534. The van der Waals surface area contributed by atoms with E-state index < -0.39 is 6.04 Å². The molecule has 1 amide bonds. The maximum Gasteiger partial charge on any atom is 0.255 e. The maximum absolute atomic E-state index is 12.2. The zero-order chi connectivity index (χ0) is 12.7. The molecular weight excluding hydrogens is 250 g/mol. The second-order valence-corrected chi connectivity index (χ2v) is 5.78. The highest BCUT2D eigenvalue weighted by atomic mass is 32.1. The van der Waals surface area contributed by atoms with Crippen LogP contribution in [-0.4, -0.2) is 28.4 Å². The van der Waals surface area contributed by atoms with E-state index in [1.165, 1.54) is 0 Å². The van der Waals surface area contributed by atoms with E-state index in [4.69, 9.17) is 0 Å². The SMILES string of the molecule is O=C1CCCC(N2Cc3sccc3C2=O)C(=O)C1. The molecule has 18 heavy (non-hydrogen) atoms. The number of hydrogen-bond acceptors (Lipinski definition) is 4. The van der Waals surface area contributed by atoms with Gasteiger partial charge < -0.3 is 4.90 Å². The predicted octanol–water partition coefficient (Wildman–Crippen LogP) is 1.78. The van der Waals surface area contributed by atoms with Gasteiger partial charge in [0.05, 0.1) is 24.6 Å². The van der Waals surface area contributed by atoms with Gasteiger partial charge in [0.25, 0.3) is 5.91 Å². The molecule has 1 saturated carbocycles. The summed E-state index contributed by atoms with van der Waals surface area (Å²) in [6.45, 7) is 0.524. The number of hydrogen-bond donors (Lipinski definition) is 0. The molecule has 1 unspecified atom stereocenters. The first-order valence-corrected chi connectivity index (χ1v) is 6.96. The van der Waals surface area contributed by atoms with Gasteiger partial charge in [0, 0.05) is 11.3 Å². The second kappa shape index (κ2) is 4.31. The van der Waals surface area contributed by atoms with Crippen molar-refractivity contribution in [1.82, 2.24) is 4.90 Å². The molecule has 0 aromatic carbocycles. The normalized spacial score (nSPS) is 24.3. The highest BCUT2D eigenvalue weighted by molar-refractivity contribution is 7.10. The number of thiophene rings is 1. The molecule has 3 rings (SSSR count). The molecule has 94 valence electrons. The summed E-state index contributed by atoms with van der Waals surface area (Å²) < 4.78 is 0. The van der Waals surface area contributed by atoms with E-state index in [2.05, 4.69) is 0 Å². The number of Topliss-reactive ketones (excluding diaryl/α,β-unsaturated/α-hetero) is 2. The minimum atomic E-state index is -0.399. The van der Waals surface area contributed by atoms with Gasteiger partial charge in [-0.15, -0.1) is 11.3 Å². The van der Waals surface area contributed by atoms with Gasteiger partial charge in [0.2, 0.25) is 0 Å². The van der Waals surface area contributed by atoms with Crippen molar-refractivity contribution < 1.29 is 14.4 Å². The van der Waals surface area contributed by atoms with Crippen molar-refractivity contribution in [3.63, 3.8) is 0 Å². The van der Waals surface area contributed by atoms with Gasteiger partial charge in [-0.3, -0.25) is 14.4 Å². The van der Waals surface area contributed by atoms with Crippen LogP contribution in [0.3, 0.4) is 0 Å². The summed E-state index contributed by atoms with van der Waals surface area (Å²) in [5, 5.41) is 1.90. The zero-order valence-corrected chi connectivity index (χ0v) is 10.7. The van der Waals surface area contributed by atoms with E-state index in [1.54, 1.807) is 16.2 Å². The summed E-state index contributed by atoms with van der Waals surface area (Å²) in [5.41, 5.74) is 0.725. The smallest absolute Gasteiger partial charge is 0.255 e. The number of rotatable bonds is 1. The van der Waals surface area contributed by atoms with Crippen LogP contribution in [0.25, 0.3) is 0 Å². The Balaban J connectivity index is 1.84. The highest BCUT2D eigenvalue weighted by Gasteiger charge is 2.38. The molecule has 1 fully saturated rings. The second-order valence-electron chi connectivity index (χ2n) is 4.78. The molecule has 5 heteroatoms. The lowest BCUT2D eigenvalue weighted by Crippen LogP contribution is -2.41. The molecule has 1 aromatic rings. The monoisotopic (exact) mass is 263 g/mol. The first kappa shape index (κ1) is 11.6. The Labute approximate surface area is 109 Å². The van der Waals surface area contributed by atoms with Gasteiger partial charge in [0.15, 0.2) is 5.78 Å². The van der Waals surface area contributed by atoms with Crippen molar-refractivity contribution in [1.29, 1.82) is 0 Å². The van der Waals surface area contributed by atoms with E-state index in [0.717, 1.165) is 10.4 Å². The quantitative estimate of drug-likeness (QED) is 0.573. The fourth-order valence-electron chi connectivity index (χ4n) is 2.67. The van der Waals surface area contributed by atoms with Crippen LogP contribution < -0.4 is 0 Å². The molecule has 0 N–H and O–H groups in total. The van der Waals surface area contributed by atoms with Crippen LogP contribution >= 0.6 is 11.3 Å². The van der Waals surface area contributed by atoms with Crippen LogP contribution in [0, 0.1) is 0 Å². The Morgan fingerprint density at radius 1 is 1.28 bits per heavy atom. The number of fused-ring (bicyclic) bond motifs is 1. The molecule has 1 aromatic heterocycles. The lowest BCUT2D eigenvalue weighted by atomic mass is 10.1. The maximum atomic E-state index is 12.2. The van der Waals surface area contributed by atoms with Crippen LogP contribution in [0.1, 0.15) is 40.9 Å². The Kier molecular flexibility index (Phi) is 2.78. The van der Waals surface area contributed by atoms with Gasteiger partial charge in [-0.05, 0) is 24.3 Å². The lowest BCUT2D eigenvalue weighted by molar-refractivity contribution is -0.128.